The van der Waals surface area contributed by atoms with Gasteiger partial charge in [-0.05, 0) is 24.7 Å². The van der Waals surface area contributed by atoms with Crippen LogP contribution in [0.25, 0.3) is 0 Å². The van der Waals surface area contributed by atoms with Crippen LogP contribution in [0.2, 0.25) is 0 Å². The molecule has 2 aliphatic carbocycles. The van der Waals surface area contributed by atoms with Crippen LogP contribution < -0.4 is 0 Å². The molecule has 2 nitrogen and oxygen atoms in total. The summed E-state index contributed by atoms with van der Waals surface area (Å²) < 4.78 is 0. The number of carboxylic acid groups (broad SMARTS) is 1. The van der Waals surface area contributed by atoms with Crippen molar-refractivity contribution in [2.45, 2.75) is 26.2 Å². The van der Waals surface area contributed by atoms with Gasteiger partial charge in [0, 0.05) is 0 Å². The molecule has 3 atom stereocenters. The molecule has 66 valence electrons. The zero-order valence-corrected chi connectivity index (χ0v) is 7.29. The minimum Gasteiger partial charge on any atom is -0.481 e. The van der Waals surface area contributed by atoms with E-state index in [2.05, 4.69) is 19.1 Å². The Morgan fingerprint density at radius 2 is 2.50 bits per heavy atom. The van der Waals surface area contributed by atoms with Crippen molar-refractivity contribution >= 4 is 5.97 Å². The first-order valence-corrected chi connectivity index (χ1v) is 4.63. The van der Waals surface area contributed by atoms with Crippen LogP contribution in [0.3, 0.4) is 0 Å². The SMILES string of the molecule is CCC[C@]1(C(=O)O)[C@@H]2CC=C[C@@H]21. The summed E-state index contributed by atoms with van der Waals surface area (Å²) in [6.45, 7) is 2.06. The third kappa shape index (κ3) is 0.728. The minimum absolute atomic E-state index is 0.356. The van der Waals surface area contributed by atoms with Crippen molar-refractivity contribution in [2.75, 3.05) is 0 Å². The Morgan fingerprint density at radius 1 is 1.75 bits per heavy atom. The van der Waals surface area contributed by atoms with Crippen LogP contribution in [0.4, 0.5) is 0 Å². The number of hydrogen-bond acceptors (Lipinski definition) is 1. The van der Waals surface area contributed by atoms with Crippen LogP contribution in [0.1, 0.15) is 26.2 Å². The highest BCUT2D eigenvalue weighted by Gasteiger charge is 2.68. The highest BCUT2D eigenvalue weighted by molar-refractivity contribution is 5.80. The van der Waals surface area contributed by atoms with Crippen LogP contribution in [0.15, 0.2) is 12.2 Å². The fourth-order valence-corrected chi connectivity index (χ4v) is 2.76. The summed E-state index contributed by atoms with van der Waals surface area (Å²) in [4.78, 5) is 11.1. The third-order valence-electron chi connectivity index (χ3n) is 3.38. The number of aliphatic carboxylic acids is 1. The van der Waals surface area contributed by atoms with Gasteiger partial charge >= 0.3 is 5.97 Å². The highest BCUT2D eigenvalue weighted by Crippen LogP contribution is 2.66. The van der Waals surface area contributed by atoms with Gasteiger partial charge in [-0.1, -0.05) is 25.5 Å². The topological polar surface area (TPSA) is 37.3 Å². The van der Waals surface area contributed by atoms with Crippen LogP contribution in [-0.2, 0) is 4.79 Å². The third-order valence-corrected chi connectivity index (χ3v) is 3.38. The van der Waals surface area contributed by atoms with E-state index in [-0.39, 0.29) is 5.41 Å². The first-order chi connectivity index (χ1) is 5.73. The number of carbonyl (C=O) groups is 1. The number of fused-ring (bicyclic) bond motifs is 1. The standard InChI is InChI=1S/C10H14O2/c1-2-6-10(9(11)12)7-4-3-5-8(7)10/h3-4,7-8H,2,5-6H2,1H3,(H,11,12)/t7-,8+,10+/m0/s1. The van der Waals surface area contributed by atoms with E-state index in [9.17, 15) is 4.79 Å². The van der Waals surface area contributed by atoms with E-state index in [4.69, 9.17) is 5.11 Å². The molecule has 1 N–H and O–H groups in total. The lowest BCUT2D eigenvalue weighted by atomic mass is 9.93. The summed E-state index contributed by atoms with van der Waals surface area (Å²) >= 11 is 0. The molecule has 2 aliphatic rings. The van der Waals surface area contributed by atoms with E-state index in [1.807, 2.05) is 0 Å². The molecular weight excluding hydrogens is 152 g/mol. The van der Waals surface area contributed by atoms with Gasteiger partial charge in [-0.3, -0.25) is 4.79 Å². The van der Waals surface area contributed by atoms with Gasteiger partial charge < -0.3 is 5.11 Å². The van der Waals surface area contributed by atoms with E-state index in [0.717, 1.165) is 19.3 Å². The molecule has 12 heavy (non-hydrogen) atoms. The number of rotatable bonds is 3. The van der Waals surface area contributed by atoms with E-state index >= 15 is 0 Å². The van der Waals surface area contributed by atoms with Gasteiger partial charge in [-0.15, -0.1) is 0 Å². The van der Waals surface area contributed by atoms with E-state index < -0.39 is 5.97 Å². The molecule has 1 saturated carbocycles. The van der Waals surface area contributed by atoms with Gasteiger partial charge in [0.25, 0.3) is 0 Å². The molecule has 2 rings (SSSR count). The van der Waals surface area contributed by atoms with Crippen LogP contribution in [-0.4, -0.2) is 11.1 Å². The molecule has 0 bridgehead atoms. The maximum Gasteiger partial charge on any atom is 0.310 e. The second-order valence-electron chi connectivity index (χ2n) is 3.89. The Balaban J connectivity index is 2.17. The minimum atomic E-state index is -0.580. The molecule has 0 radical (unpaired) electrons. The predicted molar refractivity (Wildman–Crippen MR) is 45.7 cm³/mol. The second kappa shape index (κ2) is 2.35. The Morgan fingerprint density at radius 3 is 2.92 bits per heavy atom. The summed E-state index contributed by atoms with van der Waals surface area (Å²) in [6, 6.07) is 0. The molecule has 0 spiro atoms. The highest BCUT2D eigenvalue weighted by atomic mass is 16.4. The molecule has 0 aromatic rings. The maximum absolute atomic E-state index is 11.1. The van der Waals surface area contributed by atoms with E-state index in [1.165, 1.54) is 0 Å². The van der Waals surface area contributed by atoms with Crippen LogP contribution >= 0.6 is 0 Å². The van der Waals surface area contributed by atoms with Crippen molar-refractivity contribution < 1.29 is 9.90 Å². The van der Waals surface area contributed by atoms with Crippen LogP contribution in [0.5, 0.6) is 0 Å². The molecule has 0 saturated heterocycles. The zero-order chi connectivity index (χ0) is 8.77. The van der Waals surface area contributed by atoms with Gasteiger partial charge in [0.05, 0.1) is 5.41 Å². The summed E-state index contributed by atoms with van der Waals surface area (Å²) in [5, 5.41) is 9.11. The number of carboxylic acids is 1. The average molecular weight is 166 g/mol. The Hall–Kier alpha value is -0.790. The molecule has 2 heteroatoms. The number of hydrogen-bond donors (Lipinski definition) is 1. The van der Waals surface area contributed by atoms with E-state index in [1.54, 1.807) is 0 Å². The van der Waals surface area contributed by atoms with Crippen molar-refractivity contribution in [1.82, 2.24) is 0 Å². The summed E-state index contributed by atoms with van der Waals surface area (Å²) in [5.41, 5.74) is -0.358. The smallest absolute Gasteiger partial charge is 0.310 e. The number of allylic oxidation sites excluding steroid dienone is 2. The van der Waals surface area contributed by atoms with Gasteiger partial charge in [0.1, 0.15) is 0 Å². The normalized spacial score (nSPS) is 42.8. The Bertz CT molecular complexity index is 244. The molecular formula is C10H14O2. The van der Waals surface area contributed by atoms with Crippen molar-refractivity contribution in [1.29, 1.82) is 0 Å². The lowest BCUT2D eigenvalue weighted by molar-refractivity contribution is -0.144. The Kier molecular flexibility index (Phi) is 1.53. The molecule has 0 amide bonds. The largest absolute Gasteiger partial charge is 0.481 e. The van der Waals surface area contributed by atoms with Crippen molar-refractivity contribution in [3.05, 3.63) is 12.2 Å². The molecule has 0 heterocycles. The predicted octanol–water partition coefficient (Wildman–Crippen LogP) is 2.06. The average Bonchev–Trinajstić information content (AvgIpc) is 2.46. The summed E-state index contributed by atoms with van der Waals surface area (Å²) in [5.74, 6) is 0.202. The van der Waals surface area contributed by atoms with Gasteiger partial charge in [-0.2, -0.15) is 0 Å². The molecule has 0 aromatic heterocycles. The molecule has 0 aromatic carbocycles. The molecule has 0 aliphatic heterocycles. The van der Waals surface area contributed by atoms with Crippen molar-refractivity contribution in [3.8, 4) is 0 Å². The quantitative estimate of drug-likeness (QED) is 0.651. The Labute approximate surface area is 72.3 Å². The first-order valence-electron chi connectivity index (χ1n) is 4.63. The summed E-state index contributed by atoms with van der Waals surface area (Å²) in [7, 11) is 0. The second-order valence-corrected chi connectivity index (χ2v) is 3.89. The lowest BCUT2D eigenvalue weighted by Crippen LogP contribution is -2.19. The molecule has 1 fully saturated rings. The van der Waals surface area contributed by atoms with Gasteiger partial charge in [0.15, 0.2) is 0 Å². The van der Waals surface area contributed by atoms with Gasteiger partial charge in [-0.25, -0.2) is 0 Å². The fraction of sp³-hybridized carbons (Fsp3) is 0.700. The molecule has 0 unspecified atom stereocenters. The first kappa shape index (κ1) is 7.84. The monoisotopic (exact) mass is 166 g/mol. The van der Waals surface area contributed by atoms with E-state index in [0.29, 0.717) is 11.8 Å². The van der Waals surface area contributed by atoms with Crippen molar-refractivity contribution in [2.24, 2.45) is 17.3 Å². The zero-order valence-electron chi connectivity index (χ0n) is 7.29. The maximum atomic E-state index is 11.1. The van der Waals surface area contributed by atoms with Crippen LogP contribution in [0, 0.1) is 17.3 Å². The summed E-state index contributed by atoms with van der Waals surface area (Å²) in [6.07, 6.45) is 7.02. The van der Waals surface area contributed by atoms with Gasteiger partial charge in [0.2, 0.25) is 0 Å². The lowest BCUT2D eigenvalue weighted by Gasteiger charge is -2.11. The van der Waals surface area contributed by atoms with Crippen molar-refractivity contribution in [3.63, 3.8) is 0 Å². The fourth-order valence-electron chi connectivity index (χ4n) is 2.76.